The smallest absolute Gasteiger partial charge is 0.408 e. The second kappa shape index (κ2) is 13.1. The quantitative estimate of drug-likeness (QED) is 0.327. The van der Waals surface area contributed by atoms with Gasteiger partial charge in [0, 0.05) is 12.2 Å². The third-order valence-electron chi connectivity index (χ3n) is 5.11. The second-order valence-corrected chi connectivity index (χ2v) is 9.36. The maximum absolute atomic E-state index is 13.8. The van der Waals surface area contributed by atoms with Crippen molar-refractivity contribution >= 4 is 29.5 Å². The number of phenols is 1. The summed E-state index contributed by atoms with van der Waals surface area (Å²) in [5, 5.41) is 15.2. The van der Waals surface area contributed by atoms with Gasteiger partial charge in [-0.1, -0.05) is 18.2 Å². The first-order valence-electron chi connectivity index (χ1n) is 11.8. The number of carbonyl (C=O) groups excluding carboxylic acids is 4. The van der Waals surface area contributed by atoms with Gasteiger partial charge in [0.05, 0.1) is 13.5 Å². The number of nitrogens with one attached hydrogen (secondary N) is 2. The molecule has 4 amide bonds. The van der Waals surface area contributed by atoms with Crippen LogP contribution in [0, 0.1) is 0 Å². The summed E-state index contributed by atoms with van der Waals surface area (Å²) in [6.45, 7) is 8.46. The van der Waals surface area contributed by atoms with E-state index in [2.05, 4.69) is 17.2 Å². The lowest BCUT2D eigenvalue weighted by Gasteiger charge is -2.33. The lowest BCUT2D eigenvalue weighted by molar-refractivity contribution is -0.141. The molecule has 11 nitrogen and oxygen atoms in total. The minimum atomic E-state index is -1.43. The van der Waals surface area contributed by atoms with Crippen molar-refractivity contribution in [1.29, 1.82) is 0 Å². The largest absolute Gasteiger partial charge is 0.508 e. The number of alkyl carbamates (subject to hydrolysis) is 1. The molecule has 0 aliphatic rings. The molecule has 38 heavy (non-hydrogen) atoms. The molecule has 204 valence electrons. The number of aromatic hydroxyl groups is 1. The van der Waals surface area contributed by atoms with Crippen LogP contribution in [0.5, 0.6) is 11.5 Å². The number of rotatable bonds is 11. The Morgan fingerprint density at radius 1 is 1.13 bits per heavy atom. The normalized spacial score (nSPS) is 12.4. The van der Waals surface area contributed by atoms with Crippen molar-refractivity contribution in [2.24, 2.45) is 5.73 Å². The van der Waals surface area contributed by atoms with Gasteiger partial charge in [0.25, 0.3) is 5.91 Å². The molecule has 0 bridgehead atoms. The summed E-state index contributed by atoms with van der Waals surface area (Å²) in [6, 6.07) is 9.67. The maximum atomic E-state index is 13.8. The second-order valence-electron chi connectivity index (χ2n) is 9.36. The van der Waals surface area contributed by atoms with Crippen LogP contribution in [0.2, 0.25) is 0 Å². The Bertz CT molecular complexity index is 1160. The number of hydrogen-bond acceptors (Lipinski definition) is 7. The lowest BCUT2D eigenvalue weighted by Crippen LogP contribution is -2.53. The van der Waals surface area contributed by atoms with Crippen LogP contribution < -0.4 is 21.1 Å². The first kappa shape index (κ1) is 29.7. The highest BCUT2D eigenvalue weighted by atomic mass is 16.6. The highest BCUT2D eigenvalue weighted by Gasteiger charge is 2.36. The summed E-state index contributed by atoms with van der Waals surface area (Å²) in [5.74, 6) is -1.80. The zero-order valence-corrected chi connectivity index (χ0v) is 21.9. The highest BCUT2D eigenvalue weighted by Crippen LogP contribution is 2.27. The molecule has 0 aliphatic carbocycles. The number of amides is 4. The first-order chi connectivity index (χ1) is 17.8. The number of primary amides is 1. The fourth-order valence-electron chi connectivity index (χ4n) is 3.57. The average Bonchev–Trinajstić information content (AvgIpc) is 2.82. The van der Waals surface area contributed by atoms with Crippen molar-refractivity contribution in [3.05, 3.63) is 66.7 Å². The maximum Gasteiger partial charge on any atom is 0.408 e. The molecule has 0 fully saturated rings. The van der Waals surface area contributed by atoms with Crippen molar-refractivity contribution in [2.75, 3.05) is 19.0 Å². The molecule has 0 aliphatic heterocycles. The van der Waals surface area contributed by atoms with Crippen LogP contribution in [0.25, 0.3) is 0 Å². The van der Waals surface area contributed by atoms with E-state index in [0.717, 1.165) is 4.90 Å². The number of phenolic OH excluding ortho intramolecular Hbond substituents is 1. The van der Waals surface area contributed by atoms with E-state index in [-0.39, 0.29) is 17.9 Å². The Morgan fingerprint density at radius 3 is 2.32 bits per heavy atom. The standard InChI is InChI=1S/C27H34N4O7/c1-6-14-31(25(35)21(16-22(28)33)30-26(36)38-27(2,3)4)23(17-8-7-9-19(32)15-17)24(34)29-18-10-12-20(37-5)13-11-18/h6-13,15,21,23,32H,1,14,16H2,2-5H3,(H2,28,33)(H,29,34)(H,30,36). The van der Waals surface area contributed by atoms with E-state index >= 15 is 0 Å². The van der Waals surface area contributed by atoms with E-state index in [4.69, 9.17) is 15.2 Å². The summed E-state index contributed by atoms with van der Waals surface area (Å²) >= 11 is 0. The topological polar surface area (TPSA) is 160 Å². The van der Waals surface area contributed by atoms with Gasteiger partial charge in [-0.3, -0.25) is 14.4 Å². The fraction of sp³-hybridized carbons (Fsp3) is 0.333. The number of anilines is 1. The van der Waals surface area contributed by atoms with E-state index in [0.29, 0.717) is 11.4 Å². The molecule has 2 aromatic carbocycles. The lowest BCUT2D eigenvalue weighted by atomic mass is 10.0. The predicted octanol–water partition coefficient (Wildman–Crippen LogP) is 2.86. The molecule has 0 saturated heterocycles. The molecule has 5 N–H and O–H groups in total. The number of carbonyl (C=O) groups is 4. The molecule has 2 atom stereocenters. The molecule has 0 radical (unpaired) electrons. The van der Waals surface area contributed by atoms with Crippen LogP contribution in [0.1, 0.15) is 38.8 Å². The van der Waals surface area contributed by atoms with Gasteiger partial charge < -0.3 is 35.8 Å². The molecule has 11 heteroatoms. The molecule has 0 spiro atoms. The molecule has 2 aromatic rings. The van der Waals surface area contributed by atoms with Crippen molar-refractivity contribution in [1.82, 2.24) is 10.2 Å². The summed E-state index contributed by atoms with van der Waals surface area (Å²) in [5.41, 5.74) is 5.19. The van der Waals surface area contributed by atoms with Crippen LogP contribution in [-0.4, -0.2) is 59.1 Å². The summed E-state index contributed by atoms with van der Waals surface area (Å²) in [6.07, 6.45) is -0.0888. The predicted molar refractivity (Wildman–Crippen MR) is 141 cm³/mol. The van der Waals surface area contributed by atoms with Crippen molar-refractivity contribution in [3.8, 4) is 11.5 Å². The summed E-state index contributed by atoms with van der Waals surface area (Å²) in [4.78, 5) is 52.7. The molecule has 2 unspecified atom stereocenters. The first-order valence-corrected chi connectivity index (χ1v) is 11.8. The van der Waals surface area contributed by atoms with Crippen LogP contribution in [-0.2, 0) is 19.1 Å². The summed E-state index contributed by atoms with van der Waals surface area (Å²) in [7, 11) is 1.51. The minimum Gasteiger partial charge on any atom is -0.508 e. The highest BCUT2D eigenvalue weighted by molar-refractivity contribution is 5.99. The van der Waals surface area contributed by atoms with Crippen molar-refractivity contribution < 1.29 is 33.8 Å². The van der Waals surface area contributed by atoms with E-state index in [9.17, 15) is 24.3 Å². The Hall–Kier alpha value is -4.54. The van der Waals surface area contributed by atoms with E-state index in [1.54, 1.807) is 51.1 Å². The van der Waals surface area contributed by atoms with Crippen LogP contribution in [0.4, 0.5) is 10.5 Å². The van der Waals surface area contributed by atoms with E-state index < -0.39 is 47.9 Å². The average molecular weight is 527 g/mol. The number of nitrogens with two attached hydrogens (primary N) is 1. The minimum absolute atomic E-state index is 0.128. The Labute approximate surface area is 221 Å². The van der Waals surface area contributed by atoms with Crippen molar-refractivity contribution in [2.45, 2.75) is 44.9 Å². The van der Waals surface area contributed by atoms with Crippen LogP contribution in [0.15, 0.2) is 61.2 Å². The molecule has 0 aromatic heterocycles. The van der Waals surface area contributed by atoms with E-state index in [1.807, 2.05) is 0 Å². The molecule has 0 saturated carbocycles. The molecule has 2 rings (SSSR count). The van der Waals surface area contributed by atoms with Gasteiger partial charge in [-0.05, 0) is 62.7 Å². The Morgan fingerprint density at radius 2 is 1.79 bits per heavy atom. The van der Waals surface area contributed by atoms with Gasteiger partial charge in [0.15, 0.2) is 0 Å². The SMILES string of the molecule is C=CCN(C(=O)C(CC(N)=O)NC(=O)OC(C)(C)C)C(C(=O)Nc1ccc(OC)cc1)c1cccc(O)c1. The van der Waals surface area contributed by atoms with Crippen LogP contribution >= 0.6 is 0 Å². The van der Waals surface area contributed by atoms with Crippen LogP contribution in [0.3, 0.4) is 0 Å². The van der Waals surface area contributed by atoms with Gasteiger partial charge in [0.1, 0.15) is 29.2 Å². The Kier molecular flexibility index (Phi) is 10.3. The monoisotopic (exact) mass is 526 g/mol. The molecular weight excluding hydrogens is 492 g/mol. The van der Waals surface area contributed by atoms with E-state index in [1.165, 1.54) is 31.4 Å². The number of nitrogens with zero attached hydrogens (tertiary/aromatic N) is 1. The fourth-order valence-corrected chi connectivity index (χ4v) is 3.57. The number of benzene rings is 2. The third kappa shape index (κ3) is 8.84. The molecular formula is C27H34N4O7. The van der Waals surface area contributed by atoms with Gasteiger partial charge in [-0.15, -0.1) is 6.58 Å². The number of hydrogen-bond donors (Lipinski definition) is 4. The van der Waals surface area contributed by atoms with Gasteiger partial charge in [0.2, 0.25) is 11.8 Å². The summed E-state index contributed by atoms with van der Waals surface area (Å²) < 4.78 is 10.4. The van der Waals surface area contributed by atoms with Crippen molar-refractivity contribution in [3.63, 3.8) is 0 Å². The Balaban J connectivity index is 2.49. The molecule has 0 heterocycles. The van der Waals surface area contributed by atoms with Gasteiger partial charge in [-0.25, -0.2) is 4.79 Å². The number of ether oxygens (including phenoxy) is 2. The third-order valence-corrected chi connectivity index (χ3v) is 5.11. The zero-order chi connectivity index (χ0) is 28.5. The zero-order valence-electron chi connectivity index (χ0n) is 21.9. The number of methoxy groups -OCH3 is 1. The van der Waals surface area contributed by atoms with Gasteiger partial charge in [-0.2, -0.15) is 0 Å². The van der Waals surface area contributed by atoms with Gasteiger partial charge >= 0.3 is 6.09 Å².